The molecule has 5 heteroatoms. The molecule has 1 N–H and O–H groups in total. The highest BCUT2D eigenvalue weighted by Gasteiger charge is 2.22. The Balaban J connectivity index is 1.26. The monoisotopic (exact) mass is 715 g/mol. The summed E-state index contributed by atoms with van der Waals surface area (Å²) in [5.74, 6) is 1.89. The van der Waals surface area contributed by atoms with E-state index in [1.165, 1.54) is 21.9 Å². The van der Waals surface area contributed by atoms with Crippen molar-refractivity contribution < 1.29 is 0 Å². The van der Waals surface area contributed by atoms with Crippen LogP contribution in [0.3, 0.4) is 0 Å². The highest BCUT2D eigenvalue weighted by atomic mass is 15.0. The third-order valence-corrected chi connectivity index (χ3v) is 10.8. The zero-order chi connectivity index (χ0) is 37.0. The summed E-state index contributed by atoms with van der Waals surface area (Å²) >= 11 is 0. The van der Waals surface area contributed by atoms with Crippen LogP contribution in [-0.2, 0) is 0 Å². The minimum absolute atomic E-state index is 0.621. The number of benzene rings is 8. The summed E-state index contributed by atoms with van der Waals surface area (Å²) < 4.78 is 2.45. The lowest BCUT2D eigenvalue weighted by atomic mass is 9.99. The number of para-hydroxylation sites is 1. The number of H-pyrrole nitrogens is 1. The predicted octanol–water partition coefficient (Wildman–Crippen LogP) is 12.9. The van der Waals surface area contributed by atoms with Gasteiger partial charge in [0.05, 0.1) is 16.7 Å². The predicted molar refractivity (Wildman–Crippen MR) is 231 cm³/mol. The van der Waals surface area contributed by atoms with E-state index in [9.17, 15) is 0 Å². The highest BCUT2D eigenvalue weighted by molar-refractivity contribution is 6.20. The van der Waals surface area contributed by atoms with Crippen LogP contribution in [0.1, 0.15) is 0 Å². The second-order valence-corrected chi connectivity index (χ2v) is 14.1. The third kappa shape index (κ3) is 5.29. The van der Waals surface area contributed by atoms with Crippen molar-refractivity contribution in [2.75, 3.05) is 0 Å². The number of nitrogens with zero attached hydrogens (tertiary/aromatic N) is 4. The summed E-state index contributed by atoms with van der Waals surface area (Å²) in [4.78, 5) is 19.2. The van der Waals surface area contributed by atoms with Crippen LogP contribution < -0.4 is 0 Å². The van der Waals surface area contributed by atoms with Gasteiger partial charge in [0.1, 0.15) is 0 Å². The molecule has 0 aliphatic heterocycles. The number of aromatic nitrogens is 5. The Labute approximate surface area is 323 Å². The Kier molecular flexibility index (Phi) is 7.42. The van der Waals surface area contributed by atoms with E-state index in [1.807, 2.05) is 36.4 Å². The molecule has 0 atom stereocenters. The fourth-order valence-electron chi connectivity index (χ4n) is 8.19. The lowest BCUT2D eigenvalue weighted by molar-refractivity contribution is 1.08. The molecule has 11 rings (SSSR count). The van der Waals surface area contributed by atoms with Crippen LogP contribution in [-0.4, -0.2) is 24.5 Å². The van der Waals surface area contributed by atoms with Crippen molar-refractivity contribution in [1.29, 1.82) is 0 Å². The van der Waals surface area contributed by atoms with E-state index >= 15 is 0 Å². The molecule has 0 saturated carbocycles. The first-order valence-corrected chi connectivity index (χ1v) is 18.9. The van der Waals surface area contributed by atoms with E-state index in [1.54, 1.807) is 0 Å². The average molecular weight is 716 g/mol. The van der Waals surface area contributed by atoms with Gasteiger partial charge in [-0.25, -0.2) is 15.0 Å². The fourth-order valence-corrected chi connectivity index (χ4v) is 8.19. The van der Waals surface area contributed by atoms with Crippen molar-refractivity contribution in [3.8, 4) is 62.1 Å². The maximum absolute atomic E-state index is 5.20. The standard InChI is InChI=1S/C51H33N5/c1-5-16-33(17-6-1)37-28-29-40-39-24-13-14-27-44(39)56(45(40)31-37)46-32-38(34-18-7-2-8-19-34)30-43-48(46)47-41(25-15-26-42(47)52-43)51-54-49(35-20-9-3-10-21-35)53-50(55-51)36-22-11-4-12-23-36/h1-32,52H. The first-order chi connectivity index (χ1) is 27.8. The molecule has 0 saturated heterocycles. The molecule has 0 spiro atoms. The minimum Gasteiger partial charge on any atom is -0.354 e. The molecule has 5 nitrogen and oxygen atoms in total. The van der Waals surface area contributed by atoms with E-state index in [2.05, 4.69) is 167 Å². The molecule has 11 aromatic rings. The molecular formula is C51H33N5. The molecule has 0 aliphatic rings. The largest absolute Gasteiger partial charge is 0.354 e. The Bertz CT molecular complexity index is 3160. The molecule has 3 heterocycles. The lowest BCUT2D eigenvalue weighted by Gasteiger charge is -2.15. The van der Waals surface area contributed by atoms with Gasteiger partial charge in [-0.05, 0) is 52.6 Å². The van der Waals surface area contributed by atoms with Gasteiger partial charge < -0.3 is 9.55 Å². The van der Waals surface area contributed by atoms with Crippen LogP contribution in [0.15, 0.2) is 194 Å². The first-order valence-electron chi connectivity index (χ1n) is 18.9. The van der Waals surface area contributed by atoms with Crippen molar-refractivity contribution in [1.82, 2.24) is 24.5 Å². The van der Waals surface area contributed by atoms with E-state index in [0.29, 0.717) is 17.5 Å². The maximum Gasteiger partial charge on any atom is 0.164 e. The van der Waals surface area contributed by atoms with Gasteiger partial charge >= 0.3 is 0 Å². The van der Waals surface area contributed by atoms with Gasteiger partial charge in [0, 0.05) is 49.3 Å². The van der Waals surface area contributed by atoms with Gasteiger partial charge in [-0.15, -0.1) is 0 Å². The number of fused-ring (bicyclic) bond motifs is 6. The summed E-state index contributed by atoms with van der Waals surface area (Å²) in [5, 5.41) is 4.58. The summed E-state index contributed by atoms with van der Waals surface area (Å²) in [6.45, 7) is 0. The number of nitrogens with one attached hydrogen (secondary N) is 1. The van der Waals surface area contributed by atoms with E-state index < -0.39 is 0 Å². The second kappa shape index (κ2) is 13.0. The van der Waals surface area contributed by atoms with E-state index in [-0.39, 0.29) is 0 Å². The van der Waals surface area contributed by atoms with Crippen molar-refractivity contribution in [3.05, 3.63) is 194 Å². The smallest absolute Gasteiger partial charge is 0.164 e. The quantitative estimate of drug-likeness (QED) is 0.186. The van der Waals surface area contributed by atoms with E-state index in [4.69, 9.17) is 15.0 Å². The van der Waals surface area contributed by atoms with Crippen LogP contribution in [0.25, 0.3) is 106 Å². The average Bonchev–Trinajstić information content (AvgIpc) is 3.83. The Morgan fingerprint density at radius 3 is 1.55 bits per heavy atom. The van der Waals surface area contributed by atoms with Crippen molar-refractivity contribution in [2.45, 2.75) is 0 Å². The van der Waals surface area contributed by atoms with Gasteiger partial charge in [0.15, 0.2) is 17.5 Å². The molecule has 262 valence electrons. The second-order valence-electron chi connectivity index (χ2n) is 14.1. The summed E-state index contributed by atoms with van der Waals surface area (Å²) in [7, 11) is 0. The first kappa shape index (κ1) is 31.9. The van der Waals surface area contributed by atoms with Gasteiger partial charge in [0.2, 0.25) is 0 Å². The van der Waals surface area contributed by atoms with Crippen LogP contribution in [0.5, 0.6) is 0 Å². The molecule has 0 bridgehead atoms. The van der Waals surface area contributed by atoms with Gasteiger partial charge in [-0.2, -0.15) is 0 Å². The van der Waals surface area contributed by atoms with Crippen LogP contribution in [0, 0.1) is 0 Å². The van der Waals surface area contributed by atoms with Crippen molar-refractivity contribution >= 4 is 43.6 Å². The number of hydrogen-bond donors (Lipinski definition) is 1. The summed E-state index contributed by atoms with van der Waals surface area (Å²) in [6, 6.07) is 68.2. The molecule has 0 fully saturated rings. The Hall–Kier alpha value is -7.63. The van der Waals surface area contributed by atoms with Crippen molar-refractivity contribution in [3.63, 3.8) is 0 Å². The molecule has 0 unspecified atom stereocenters. The van der Waals surface area contributed by atoms with Crippen molar-refractivity contribution in [2.24, 2.45) is 0 Å². The lowest BCUT2D eigenvalue weighted by Crippen LogP contribution is -2.00. The topological polar surface area (TPSA) is 59.4 Å². The highest BCUT2D eigenvalue weighted by Crippen LogP contribution is 2.43. The van der Waals surface area contributed by atoms with Crippen LogP contribution in [0.2, 0.25) is 0 Å². The van der Waals surface area contributed by atoms with Crippen LogP contribution >= 0.6 is 0 Å². The minimum atomic E-state index is 0.621. The van der Waals surface area contributed by atoms with E-state index in [0.717, 1.165) is 66.3 Å². The zero-order valence-electron chi connectivity index (χ0n) is 30.3. The number of rotatable bonds is 6. The Morgan fingerprint density at radius 2 is 0.893 bits per heavy atom. The van der Waals surface area contributed by atoms with Gasteiger partial charge in [-0.1, -0.05) is 164 Å². The molecule has 0 aliphatic carbocycles. The molecule has 3 aromatic heterocycles. The fraction of sp³-hybridized carbons (Fsp3) is 0. The third-order valence-electron chi connectivity index (χ3n) is 10.8. The van der Waals surface area contributed by atoms with Gasteiger partial charge in [0.25, 0.3) is 0 Å². The zero-order valence-corrected chi connectivity index (χ0v) is 30.3. The Morgan fingerprint density at radius 1 is 0.339 bits per heavy atom. The number of aromatic amines is 1. The summed E-state index contributed by atoms with van der Waals surface area (Å²) in [6.07, 6.45) is 0. The maximum atomic E-state index is 5.20. The SMILES string of the molecule is c1ccc(-c2cc(-n3c4ccccc4c4ccc(-c5ccccc5)cc43)c3c(c2)[nH]c2cccc(-c4nc(-c5ccccc5)nc(-c5ccccc5)n4)c23)cc1. The molecule has 56 heavy (non-hydrogen) atoms. The molecule has 8 aromatic carbocycles. The summed E-state index contributed by atoms with van der Waals surface area (Å²) in [5.41, 5.74) is 12.9. The normalized spacial score (nSPS) is 11.6. The molecular weight excluding hydrogens is 683 g/mol. The molecule has 0 amide bonds. The number of hydrogen-bond acceptors (Lipinski definition) is 3. The molecule has 0 radical (unpaired) electrons. The van der Waals surface area contributed by atoms with Gasteiger partial charge in [-0.3, -0.25) is 0 Å². The van der Waals surface area contributed by atoms with Crippen LogP contribution in [0.4, 0.5) is 0 Å².